The van der Waals surface area contributed by atoms with E-state index >= 15 is 0 Å². The monoisotopic (exact) mass is 612 g/mol. The summed E-state index contributed by atoms with van der Waals surface area (Å²) in [7, 11) is 0. The lowest BCUT2D eigenvalue weighted by Crippen LogP contribution is -2.45. The van der Waals surface area contributed by atoms with Gasteiger partial charge in [0.25, 0.3) is 0 Å². The third-order valence-electron chi connectivity index (χ3n) is 6.30. The van der Waals surface area contributed by atoms with Crippen molar-refractivity contribution < 1.29 is 37.3 Å². The summed E-state index contributed by atoms with van der Waals surface area (Å²) < 4.78 is 43.5. The highest BCUT2D eigenvalue weighted by atomic mass is 19.4. The molecule has 0 fully saturated rings. The Bertz CT molecular complexity index is 1550. The Kier molecular flexibility index (Phi) is 11.5. The van der Waals surface area contributed by atoms with Crippen LogP contribution in [-0.4, -0.2) is 40.9 Å². The molecule has 12 heteroatoms. The number of pyridine rings is 1. The van der Waals surface area contributed by atoms with Crippen LogP contribution in [0.1, 0.15) is 50.9 Å². The molecule has 4 N–H and O–H groups in total. The molecule has 9 nitrogen and oxygen atoms in total. The molecule has 1 heterocycles. The summed E-state index contributed by atoms with van der Waals surface area (Å²) in [6.07, 6.45) is -1.57. The Labute approximate surface area is 253 Å². The molecule has 3 aromatic carbocycles. The lowest BCUT2D eigenvalue weighted by Gasteiger charge is -2.30. The number of carbonyl (C=O) groups excluding carboxylic acids is 1. The summed E-state index contributed by atoms with van der Waals surface area (Å²) in [6, 6.07) is 22.1. The highest BCUT2D eigenvalue weighted by Crippen LogP contribution is 2.35. The Balaban J connectivity index is 0.000000676. The van der Waals surface area contributed by atoms with Crippen molar-refractivity contribution in [3.05, 3.63) is 96.3 Å². The number of benzene rings is 3. The van der Waals surface area contributed by atoms with E-state index in [1.807, 2.05) is 100 Å². The maximum Gasteiger partial charge on any atom is 0.490 e. The van der Waals surface area contributed by atoms with Gasteiger partial charge in [0.1, 0.15) is 6.04 Å². The Morgan fingerprint density at radius 2 is 1.64 bits per heavy atom. The van der Waals surface area contributed by atoms with E-state index in [4.69, 9.17) is 25.2 Å². The standard InChI is InChI=1S/C30H34N4O3.C2HF3O2/c1-5-36-28-18-24(12-14-27(28)37-20(2)3)29(30(35)33-21(4)22-9-7-6-8-10-22)34(31)26-13-11-25-19-32-16-15-23(25)17-26;3-2(4,5)1(6)7/h6-21,29H,5,31H2,1-4H3,(H,33,35);(H,6,7)/t21-,29?;/m1./s1. The number of anilines is 1. The molecule has 1 unspecified atom stereocenters. The quantitative estimate of drug-likeness (QED) is 0.140. The van der Waals surface area contributed by atoms with Crippen LogP contribution in [0.3, 0.4) is 0 Å². The van der Waals surface area contributed by atoms with E-state index in [1.165, 1.54) is 5.01 Å². The van der Waals surface area contributed by atoms with Gasteiger partial charge in [-0.15, -0.1) is 0 Å². The van der Waals surface area contributed by atoms with E-state index in [-0.39, 0.29) is 18.1 Å². The van der Waals surface area contributed by atoms with Gasteiger partial charge >= 0.3 is 12.1 Å². The lowest BCUT2D eigenvalue weighted by atomic mass is 10.0. The molecule has 0 radical (unpaired) electrons. The zero-order valence-electron chi connectivity index (χ0n) is 24.7. The number of carboxylic acids is 1. The normalized spacial score (nSPS) is 12.5. The average molecular weight is 613 g/mol. The summed E-state index contributed by atoms with van der Waals surface area (Å²) in [5.41, 5.74) is 2.40. The number of aromatic nitrogens is 1. The number of hydrazine groups is 1. The molecular weight excluding hydrogens is 577 g/mol. The summed E-state index contributed by atoms with van der Waals surface area (Å²) in [6.45, 7) is 8.25. The first-order chi connectivity index (χ1) is 20.8. The van der Waals surface area contributed by atoms with Crippen LogP contribution in [0.2, 0.25) is 0 Å². The second-order valence-corrected chi connectivity index (χ2v) is 9.97. The maximum atomic E-state index is 13.8. The number of aliphatic carboxylic acids is 1. The van der Waals surface area contributed by atoms with Crippen LogP contribution in [0.5, 0.6) is 11.5 Å². The minimum atomic E-state index is -5.08. The van der Waals surface area contributed by atoms with E-state index in [2.05, 4.69) is 10.3 Å². The van der Waals surface area contributed by atoms with Gasteiger partial charge in [0.2, 0.25) is 5.91 Å². The highest BCUT2D eigenvalue weighted by molar-refractivity contribution is 5.89. The number of rotatable bonds is 10. The molecule has 1 aromatic heterocycles. The third kappa shape index (κ3) is 9.08. The zero-order chi connectivity index (χ0) is 32.4. The third-order valence-corrected chi connectivity index (χ3v) is 6.30. The average Bonchev–Trinajstić information content (AvgIpc) is 2.98. The van der Waals surface area contributed by atoms with Crippen molar-refractivity contribution in [2.24, 2.45) is 5.84 Å². The van der Waals surface area contributed by atoms with Crippen LogP contribution in [0, 0.1) is 0 Å². The van der Waals surface area contributed by atoms with Gasteiger partial charge in [-0.25, -0.2) is 10.6 Å². The van der Waals surface area contributed by atoms with Gasteiger partial charge in [-0.1, -0.05) is 42.5 Å². The minimum absolute atomic E-state index is 0.0195. The molecular formula is C32H35F3N4O5. The number of alkyl halides is 3. The van der Waals surface area contributed by atoms with Crippen molar-refractivity contribution in [3.63, 3.8) is 0 Å². The number of nitrogens with two attached hydrogens (primary N) is 1. The van der Waals surface area contributed by atoms with Crippen LogP contribution in [0.4, 0.5) is 18.9 Å². The molecule has 0 aliphatic heterocycles. The predicted molar refractivity (Wildman–Crippen MR) is 161 cm³/mol. The van der Waals surface area contributed by atoms with Gasteiger partial charge in [0, 0.05) is 17.8 Å². The number of nitrogens with one attached hydrogen (secondary N) is 1. The summed E-state index contributed by atoms with van der Waals surface area (Å²) in [4.78, 5) is 26.9. The molecule has 234 valence electrons. The number of hydrogen-bond donors (Lipinski definition) is 3. The summed E-state index contributed by atoms with van der Waals surface area (Å²) in [5.74, 6) is 4.91. The second kappa shape index (κ2) is 15.1. The van der Waals surface area contributed by atoms with Gasteiger partial charge in [-0.3, -0.25) is 14.8 Å². The second-order valence-electron chi connectivity index (χ2n) is 9.97. The Morgan fingerprint density at radius 3 is 2.25 bits per heavy atom. The van der Waals surface area contributed by atoms with E-state index in [0.29, 0.717) is 29.4 Å². The van der Waals surface area contributed by atoms with E-state index in [0.717, 1.165) is 16.3 Å². The van der Waals surface area contributed by atoms with Crippen LogP contribution in [0.15, 0.2) is 85.2 Å². The van der Waals surface area contributed by atoms with Crippen molar-refractivity contribution in [3.8, 4) is 11.5 Å². The Morgan fingerprint density at radius 1 is 0.955 bits per heavy atom. The molecule has 1 amide bonds. The fourth-order valence-electron chi connectivity index (χ4n) is 4.25. The van der Waals surface area contributed by atoms with Gasteiger partial charge in [0.05, 0.1) is 24.4 Å². The number of fused-ring (bicyclic) bond motifs is 1. The van der Waals surface area contributed by atoms with Crippen molar-refractivity contribution in [2.75, 3.05) is 11.6 Å². The predicted octanol–water partition coefficient (Wildman–Crippen LogP) is 6.35. The van der Waals surface area contributed by atoms with Crippen LogP contribution < -0.4 is 25.6 Å². The number of amides is 1. The maximum absolute atomic E-state index is 13.8. The smallest absolute Gasteiger partial charge is 0.490 e. The van der Waals surface area contributed by atoms with Crippen LogP contribution in [-0.2, 0) is 9.59 Å². The lowest BCUT2D eigenvalue weighted by molar-refractivity contribution is -0.192. The summed E-state index contributed by atoms with van der Waals surface area (Å²) in [5, 5.41) is 13.7. The Hall–Kier alpha value is -4.84. The molecule has 4 rings (SSSR count). The van der Waals surface area contributed by atoms with E-state index < -0.39 is 18.2 Å². The number of halogens is 3. The molecule has 4 aromatic rings. The first-order valence-corrected chi connectivity index (χ1v) is 13.8. The first-order valence-electron chi connectivity index (χ1n) is 13.8. The van der Waals surface area contributed by atoms with E-state index in [1.54, 1.807) is 12.4 Å². The van der Waals surface area contributed by atoms with Crippen molar-refractivity contribution in [1.29, 1.82) is 0 Å². The highest BCUT2D eigenvalue weighted by Gasteiger charge is 2.38. The molecule has 0 bridgehead atoms. The fraction of sp³-hybridized carbons (Fsp3) is 0.281. The molecule has 0 aliphatic carbocycles. The minimum Gasteiger partial charge on any atom is -0.490 e. The number of carbonyl (C=O) groups is 2. The van der Waals surface area contributed by atoms with Crippen molar-refractivity contribution in [1.82, 2.24) is 10.3 Å². The zero-order valence-corrected chi connectivity index (χ0v) is 24.7. The molecule has 44 heavy (non-hydrogen) atoms. The van der Waals surface area contributed by atoms with Gasteiger partial charge in [0.15, 0.2) is 11.5 Å². The topological polar surface area (TPSA) is 127 Å². The van der Waals surface area contributed by atoms with Crippen LogP contribution in [0.25, 0.3) is 10.8 Å². The van der Waals surface area contributed by atoms with Crippen LogP contribution >= 0.6 is 0 Å². The first kappa shape index (κ1) is 33.7. The fourth-order valence-corrected chi connectivity index (χ4v) is 4.25. The van der Waals surface area contributed by atoms with Gasteiger partial charge < -0.3 is 19.9 Å². The number of ether oxygens (including phenoxy) is 2. The SMILES string of the molecule is CCOc1cc(C(C(=O)N[C@H](C)c2ccccc2)N(N)c2ccc3cnccc3c2)ccc1OC(C)C.O=C(O)C(F)(F)F. The number of nitrogens with zero attached hydrogens (tertiary/aromatic N) is 2. The van der Waals surface area contributed by atoms with Gasteiger partial charge in [-0.05, 0) is 74.5 Å². The van der Waals surface area contributed by atoms with Crippen molar-refractivity contribution in [2.45, 2.75) is 52.1 Å². The van der Waals surface area contributed by atoms with Crippen molar-refractivity contribution >= 4 is 28.3 Å². The largest absolute Gasteiger partial charge is 0.490 e. The molecule has 0 saturated heterocycles. The van der Waals surface area contributed by atoms with Gasteiger partial charge in [-0.2, -0.15) is 13.2 Å². The molecule has 0 spiro atoms. The van der Waals surface area contributed by atoms with E-state index in [9.17, 15) is 18.0 Å². The molecule has 0 saturated carbocycles. The number of hydrogen-bond acceptors (Lipinski definition) is 7. The molecule has 2 atom stereocenters. The summed E-state index contributed by atoms with van der Waals surface area (Å²) >= 11 is 0. The molecule has 0 aliphatic rings. The number of carboxylic acid groups (broad SMARTS) is 1.